The molecule has 4 atom stereocenters. The molecule has 1 aromatic rings. The summed E-state index contributed by atoms with van der Waals surface area (Å²) in [6.45, 7) is 6.94. The van der Waals surface area contributed by atoms with Gasteiger partial charge in [0.1, 0.15) is 0 Å². The van der Waals surface area contributed by atoms with Gasteiger partial charge in [-0.05, 0) is 64.0 Å². The molecule has 3 aliphatic heterocycles. The van der Waals surface area contributed by atoms with Gasteiger partial charge in [-0.3, -0.25) is 10.2 Å². The van der Waals surface area contributed by atoms with Crippen LogP contribution in [0.4, 0.5) is 5.69 Å². The molecule has 176 valence electrons. The van der Waals surface area contributed by atoms with E-state index in [4.69, 9.17) is 11.1 Å². The predicted octanol–water partition coefficient (Wildman–Crippen LogP) is 4.19. The number of amides is 1. The quantitative estimate of drug-likeness (QED) is 0.325. The van der Waals surface area contributed by atoms with Gasteiger partial charge < -0.3 is 20.9 Å². The van der Waals surface area contributed by atoms with Gasteiger partial charge in [-0.15, -0.1) is 11.8 Å². The highest BCUT2D eigenvalue weighted by atomic mass is 32.2. The number of hydrogen-bond donors (Lipinski definition) is 3. The van der Waals surface area contributed by atoms with Crippen molar-refractivity contribution in [2.24, 2.45) is 11.7 Å². The molecule has 4 rings (SSSR count). The van der Waals surface area contributed by atoms with Gasteiger partial charge in [0, 0.05) is 36.1 Å². The number of fused-ring (bicyclic) bond motifs is 1. The largest absolute Gasteiger partial charge is 0.370 e. The van der Waals surface area contributed by atoms with Crippen molar-refractivity contribution in [1.29, 1.82) is 5.41 Å². The Kier molecular flexibility index (Phi) is 7.35. The standard InChI is InChI=1S/C25H39N5OS/c1-18-9-8-14-25(2,28-18)13-6-3-7-15-30-20-10-4-5-11-21(20)32-22(23(30)31)19-12-16-29(17-19)24(26)27/h4-5,10-11,18-19,22,28H,3,6-9,12-17H2,1-2H3,(H3,26,27)/t18-,19?,22?,25+/m0/s1. The van der Waals surface area contributed by atoms with Crippen LogP contribution in [-0.2, 0) is 4.79 Å². The lowest BCUT2D eigenvalue weighted by Gasteiger charge is -2.39. The average Bonchev–Trinajstić information content (AvgIpc) is 3.25. The van der Waals surface area contributed by atoms with Gasteiger partial charge in [0.15, 0.2) is 5.96 Å². The number of carbonyl (C=O) groups is 1. The van der Waals surface area contributed by atoms with Crippen LogP contribution >= 0.6 is 11.8 Å². The summed E-state index contributed by atoms with van der Waals surface area (Å²) < 4.78 is 0. The number of unbranched alkanes of at least 4 members (excludes halogenated alkanes) is 2. The number of piperidine rings is 1. The highest BCUT2D eigenvalue weighted by molar-refractivity contribution is 8.01. The van der Waals surface area contributed by atoms with E-state index in [1.54, 1.807) is 11.8 Å². The van der Waals surface area contributed by atoms with E-state index < -0.39 is 0 Å². The third-order valence-corrected chi connectivity index (χ3v) is 8.92. The second-order valence-electron chi connectivity index (χ2n) is 10.2. The molecule has 2 saturated heterocycles. The predicted molar refractivity (Wildman–Crippen MR) is 133 cm³/mol. The lowest BCUT2D eigenvalue weighted by Crippen LogP contribution is -2.50. The summed E-state index contributed by atoms with van der Waals surface area (Å²) in [6, 6.07) is 8.94. The number of hydrogen-bond acceptors (Lipinski definition) is 4. The summed E-state index contributed by atoms with van der Waals surface area (Å²) >= 11 is 1.70. The molecule has 0 aromatic heterocycles. The van der Waals surface area contributed by atoms with E-state index in [9.17, 15) is 4.79 Å². The van der Waals surface area contributed by atoms with E-state index in [0.29, 0.717) is 12.6 Å². The molecule has 7 heteroatoms. The third-order valence-electron chi connectivity index (χ3n) is 7.48. The number of nitrogens with two attached hydrogens (primary N) is 1. The van der Waals surface area contributed by atoms with Crippen molar-refractivity contribution in [3.05, 3.63) is 24.3 Å². The maximum atomic E-state index is 13.5. The maximum absolute atomic E-state index is 13.5. The zero-order valence-corrected chi connectivity index (χ0v) is 20.4. The molecule has 0 radical (unpaired) electrons. The van der Waals surface area contributed by atoms with Crippen molar-refractivity contribution < 1.29 is 4.79 Å². The van der Waals surface area contributed by atoms with Gasteiger partial charge in [0.25, 0.3) is 0 Å². The minimum Gasteiger partial charge on any atom is -0.370 e. The molecule has 2 unspecified atom stereocenters. The Hall–Kier alpha value is -1.73. The summed E-state index contributed by atoms with van der Waals surface area (Å²) in [6.07, 6.45) is 9.40. The molecular formula is C25H39N5OS. The molecule has 6 nitrogen and oxygen atoms in total. The van der Waals surface area contributed by atoms with Crippen LogP contribution in [0.1, 0.15) is 65.2 Å². The number of rotatable bonds is 7. The molecule has 2 fully saturated rings. The van der Waals surface area contributed by atoms with Crippen LogP contribution in [0.2, 0.25) is 0 Å². The Bertz CT molecular complexity index is 832. The first kappa shape index (κ1) is 23.4. The van der Waals surface area contributed by atoms with Crippen LogP contribution in [0.25, 0.3) is 0 Å². The summed E-state index contributed by atoms with van der Waals surface area (Å²) in [5, 5.41) is 11.5. The molecule has 3 aliphatic rings. The molecule has 0 saturated carbocycles. The minimum atomic E-state index is -0.0823. The monoisotopic (exact) mass is 457 g/mol. The molecule has 0 aliphatic carbocycles. The molecule has 0 spiro atoms. The Labute approximate surface area is 197 Å². The van der Waals surface area contributed by atoms with E-state index in [1.807, 2.05) is 15.9 Å². The lowest BCUT2D eigenvalue weighted by atomic mass is 9.84. The number of nitrogens with zero attached hydrogens (tertiary/aromatic N) is 2. The number of carbonyl (C=O) groups excluding carboxylic acids is 1. The zero-order valence-electron chi connectivity index (χ0n) is 19.6. The summed E-state index contributed by atoms with van der Waals surface area (Å²) in [5.74, 6) is 0.596. The number of benzene rings is 1. The maximum Gasteiger partial charge on any atom is 0.240 e. The Balaban J connectivity index is 1.34. The van der Waals surface area contributed by atoms with Crippen LogP contribution in [0.5, 0.6) is 0 Å². The van der Waals surface area contributed by atoms with Crippen LogP contribution in [0.15, 0.2) is 29.2 Å². The SMILES string of the molecule is C[C@H]1CCC[C@@](C)(CCCCCN2C(=O)C(C3CCN(C(=N)N)C3)Sc3ccccc32)N1. The summed E-state index contributed by atoms with van der Waals surface area (Å²) in [5.41, 5.74) is 7.04. The van der Waals surface area contributed by atoms with E-state index in [1.165, 1.54) is 37.0 Å². The van der Waals surface area contributed by atoms with Crippen LogP contribution in [0, 0.1) is 11.3 Å². The second-order valence-corrected chi connectivity index (χ2v) is 11.4. The van der Waals surface area contributed by atoms with Gasteiger partial charge >= 0.3 is 0 Å². The molecule has 4 N–H and O–H groups in total. The van der Waals surface area contributed by atoms with E-state index in [0.717, 1.165) is 38.0 Å². The summed E-state index contributed by atoms with van der Waals surface area (Å²) in [4.78, 5) is 18.7. The fourth-order valence-corrected chi connectivity index (χ4v) is 7.09. The average molecular weight is 458 g/mol. The van der Waals surface area contributed by atoms with Crippen molar-refractivity contribution in [2.75, 3.05) is 24.5 Å². The first-order valence-electron chi connectivity index (χ1n) is 12.3. The Morgan fingerprint density at radius 2 is 2.09 bits per heavy atom. The third kappa shape index (κ3) is 5.25. The summed E-state index contributed by atoms with van der Waals surface area (Å²) in [7, 11) is 0. The number of anilines is 1. The number of likely N-dealkylation sites (tertiary alicyclic amines) is 1. The molecule has 32 heavy (non-hydrogen) atoms. The van der Waals surface area contributed by atoms with Gasteiger partial charge in [0.05, 0.1) is 10.9 Å². The van der Waals surface area contributed by atoms with Crippen LogP contribution in [0.3, 0.4) is 0 Å². The lowest BCUT2D eigenvalue weighted by molar-refractivity contribution is -0.119. The van der Waals surface area contributed by atoms with Crippen molar-refractivity contribution in [3.63, 3.8) is 0 Å². The van der Waals surface area contributed by atoms with Gasteiger partial charge in [-0.25, -0.2) is 0 Å². The fraction of sp³-hybridized carbons (Fsp3) is 0.680. The van der Waals surface area contributed by atoms with Crippen molar-refractivity contribution in [1.82, 2.24) is 10.2 Å². The van der Waals surface area contributed by atoms with E-state index in [2.05, 4.69) is 37.4 Å². The molecule has 1 amide bonds. The smallest absolute Gasteiger partial charge is 0.240 e. The van der Waals surface area contributed by atoms with Crippen molar-refractivity contribution in [3.8, 4) is 0 Å². The molecule has 0 bridgehead atoms. The first-order chi connectivity index (χ1) is 15.4. The molecule has 1 aromatic carbocycles. The Morgan fingerprint density at radius 1 is 1.28 bits per heavy atom. The number of guanidine groups is 1. The highest BCUT2D eigenvalue weighted by Gasteiger charge is 2.41. The van der Waals surface area contributed by atoms with Gasteiger partial charge in [0.2, 0.25) is 5.91 Å². The first-order valence-corrected chi connectivity index (χ1v) is 13.2. The number of thioether (sulfide) groups is 1. The fourth-order valence-electron chi connectivity index (χ4n) is 5.72. The van der Waals surface area contributed by atoms with Gasteiger partial charge in [-0.2, -0.15) is 0 Å². The van der Waals surface area contributed by atoms with E-state index >= 15 is 0 Å². The number of nitrogens with one attached hydrogen (secondary N) is 2. The van der Waals surface area contributed by atoms with Crippen molar-refractivity contribution in [2.45, 2.75) is 86.9 Å². The highest BCUT2D eigenvalue weighted by Crippen LogP contribution is 2.43. The molecular weight excluding hydrogens is 418 g/mol. The second kappa shape index (κ2) is 10.0. The van der Waals surface area contributed by atoms with Crippen molar-refractivity contribution >= 4 is 29.3 Å². The van der Waals surface area contributed by atoms with Crippen LogP contribution < -0.4 is 16.0 Å². The van der Waals surface area contributed by atoms with E-state index in [-0.39, 0.29) is 28.6 Å². The number of para-hydroxylation sites is 1. The van der Waals surface area contributed by atoms with Crippen LogP contribution in [-0.4, -0.2) is 53.2 Å². The van der Waals surface area contributed by atoms with Gasteiger partial charge in [-0.1, -0.05) is 31.4 Å². The minimum absolute atomic E-state index is 0.0823. The topological polar surface area (TPSA) is 85.5 Å². The Morgan fingerprint density at radius 3 is 2.84 bits per heavy atom. The molecule has 3 heterocycles. The zero-order chi connectivity index (χ0) is 22.7. The normalized spacial score (nSPS) is 30.4.